The van der Waals surface area contributed by atoms with Gasteiger partial charge in [0.1, 0.15) is 110 Å². The Hall–Kier alpha value is -1.91. The smallest absolute Gasteiger partial charge is 0.315 e. The summed E-state index contributed by atoms with van der Waals surface area (Å²) >= 11 is 0. The van der Waals surface area contributed by atoms with E-state index in [1.807, 2.05) is 6.92 Å². The van der Waals surface area contributed by atoms with E-state index >= 15 is 4.79 Å². The fourth-order valence-electron chi connectivity index (χ4n) is 18.7. The lowest BCUT2D eigenvalue weighted by molar-refractivity contribution is -0.397. The van der Waals surface area contributed by atoms with Gasteiger partial charge in [-0.2, -0.15) is 0 Å². The molecule has 6 saturated heterocycles. The molecule has 0 unspecified atom stereocenters. The second-order valence-electron chi connectivity index (χ2n) is 30.5. The number of aliphatic hydroxyl groups excluding tert-OH is 17. The highest BCUT2D eigenvalue weighted by molar-refractivity contribution is 5.79. The van der Waals surface area contributed by atoms with Crippen LogP contribution in [0.25, 0.3) is 0 Å². The number of esters is 1. The van der Waals surface area contributed by atoms with Crippen molar-refractivity contribution < 1.29 is 148 Å². The summed E-state index contributed by atoms with van der Waals surface area (Å²) < 4.78 is 73.4. The van der Waals surface area contributed by atoms with E-state index in [1.165, 1.54) is 13.8 Å². The average Bonchev–Trinajstić information content (AvgIpc) is 0.674. The van der Waals surface area contributed by atoms with Gasteiger partial charge < -0.3 is 144 Å². The van der Waals surface area contributed by atoms with E-state index in [-0.39, 0.29) is 23.7 Å². The van der Waals surface area contributed by atoms with Crippen LogP contribution < -0.4 is 0 Å². The molecule has 30 heteroatoms. The summed E-state index contributed by atoms with van der Waals surface area (Å²) in [6.07, 6.45) is -41.3. The van der Waals surface area contributed by atoms with Crippen LogP contribution in [0.4, 0.5) is 0 Å². The number of ether oxygens (including phenoxy) is 12. The Labute approximate surface area is 539 Å². The Morgan fingerprint density at radius 2 is 1.02 bits per heavy atom. The Morgan fingerprint density at radius 3 is 1.65 bits per heavy atom. The van der Waals surface area contributed by atoms with E-state index in [4.69, 9.17) is 56.8 Å². The van der Waals surface area contributed by atoms with Gasteiger partial charge in [-0.1, -0.05) is 53.2 Å². The largest absolute Gasteiger partial charge is 0.432 e. The van der Waals surface area contributed by atoms with E-state index in [0.29, 0.717) is 51.4 Å². The van der Waals surface area contributed by atoms with Crippen molar-refractivity contribution in [2.45, 2.75) is 291 Å². The quantitative estimate of drug-likeness (QED) is 0.0443. The molecule has 0 aromatic rings. The molecule has 4 saturated carbocycles. The van der Waals surface area contributed by atoms with Crippen molar-refractivity contribution in [2.75, 3.05) is 33.0 Å². The normalized spacial score (nSPS) is 55.7. The fourth-order valence-corrected chi connectivity index (χ4v) is 18.7. The first kappa shape index (κ1) is 72.3. The van der Waals surface area contributed by atoms with Crippen LogP contribution in [0, 0.1) is 50.2 Å². The van der Waals surface area contributed by atoms with E-state index < -0.39 is 250 Å². The second-order valence-corrected chi connectivity index (χ2v) is 30.5. The van der Waals surface area contributed by atoms with Gasteiger partial charge in [0.25, 0.3) is 0 Å². The highest BCUT2D eigenvalue weighted by Crippen LogP contribution is 2.76. The van der Waals surface area contributed by atoms with Crippen LogP contribution >= 0.6 is 0 Å². The minimum atomic E-state index is -2.08. The van der Waals surface area contributed by atoms with Gasteiger partial charge in [0.15, 0.2) is 37.6 Å². The van der Waals surface area contributed by atoms with E-state index in [2.05, 4.69) is 40.7 Å². The molecule has 17 N–H and O–H groups in total. The Morgan fingerprint density at radius 1 is 0.495 bits per heavy atom. The minimum absolute atomic E-state index is 0.0837. The Bertz CT molecular complexity index is 2620. The van der Waals surface area contributed by atoms with Crippen molar-refractivity contribution in [1.82, 2.24) is 0 Å². The molecule has 0 amide bonds. The third-order valence-electron chi connectivity index (χ3n) is 24.5. The van der Waals surface area contributed by atoms with Crippen molar-refractivity contribution in [3.63, 3.8) is 0 Å². The molecule has 0 aromatic carbocycles. The van der Waals surface area contributed by atoms with Gasteiger partial charge >= 0.3 is 5.97 Å². The summed E-state index contributed by atoms with van der Waals surface area (Å²) in [5.41, 5.74) is -3.15. The van der Waals surface area contributed by atoms with Gasteiger partial charge in [-0.25, -0.2) is 0 Å². The van der Waals surface area contributed by atoms with Gasteiger partial charge in [-0.3, -0.25) is 4.79 Å². The zero-order chi connectivity index (χ0) is 67.7. The zero-order valence-corrected chi connectivity index (χ0v) is 53.9. The van der Waals surface area contributed by atoms with Gasteiger partial charge in [-0.05, 0) is 111 Å². The maximum atomic E-state index is 16.0. The van der Waals surface area contributed by atoms with Crippen molar-refractivity contribution in [3.05, 3.63) is 11.6 Å². The molecule has 534 valence electrons. The van der Waals surface area contributed by atoms with Crippen molar-refractivity contribution in [3.8, 4) is 0 Å². The Balaban J connectivity index is 0.895. The molecule has 5 aliphatic carbocycles. The number of rotatable bonds is 14. The SMILES string of the molecule is C[C@@H]1O[C@@H](O[C@H]2[C@@H](O)[C@H](O[C@H]3[C@H](OC(=O)[C@]45CCC(C)(C)C[C@H]4C4=CC[C@@H]6[C@@]7(C)C[C@H](O)[C@H](O[C@@H]8O[C@H](CO)[C@@H](O)[C@H](O)[C@H]8O)[C@@](C)(CO)[C@@H]7CC[C@@]6(C)[C@]4(C)CC5)OC[C@H](O)[C@@H]3O[C@@H]3OC[C@H](O)[C@H](O)[C@H]3O)O[C@@H](C)[C@@H]2O[C@@H]2OC[C@H](O)[C@H](O)[C@H]2O)[C@H](O)[C@H](O)[C@H]1O. The molecule has 11 aliphatic rings. The lowest BCUT2D eigenvalue weighted by Crippen LogP contribution is -2.69. The number of aliphatic hydroxyl groups is 17. The Kier molecular flexibility index (Phi) is 20.9. The lowest BCUT2D eigenvalue weighted by atomic mass is 9.33. The first-order valence-corrected chi connectivity index (χ1v) is 33.0. The monoisotopic (exact) mass is 1340 g/mol. The van der Waals surface area contributed by atoms with Gasteiger partial charge in [0, 0.05) is 5.41 Å². The van der Waals surface area contributed by atoms with E-state index in [1.54, 1.807) is 0 Å². The van der Waals surface area contributed by atoms with Crippen LogP contribution in [0.5, 0.6) is 0 Å². The molecule has 11 rings (SSSR count). The number of allylic oxidation sites excluding steroid dienone is 2. The summed E-state index contributed by atoms with van der Waals surface area (Å²) in [5, 5.41) is 187. The van der Waals surface area contributed by atoms with Crippen LogP contribution in [0.2, 0.25) is 0 Å². The van der Waals surface area contributed by atoms with Crippen LogP contribution in [0.1, 0.15) is 113 Å². The van der Waals surface area contributed by atoms with Crippen molar-refractivity contribution >= 4 is 5.97 Å². The lowest BCUT2D eigenvalue weighted by Gasteiger charge is -2.72. The molecule has 37 atom stereocenters. The molecule has 10 fully saturated rings. The summed E-state index contributed by atoms with van der Waals surface area (Å²) in [7, 11) is 0. The highest BCUT2D eigenvalue weighted by atomic mass is 16.8. The van der Waals surface area contributed by atoms with Crippen LogP contribution in [0.3, 0.4) is 0 Å². The predicted octanol–water partition coefficient (Wildman–Crippen LogP) is -4.47. The number of carbonyl (C=O) groups is 1. The van der Waals surface area contributed by atoms with Crippen LogP contribution in [0.15, 0.2) is 11.6 Å². The first-order chi connectivity index (χ1) is 43.6. The summed E-state index contributed by atoms with van der Waals surface area (Å²) in [5.74, 6) is -1.43. The van der Waals surface area contributed by atoms with E-state index in [0.717, 1.165) is 5.57 Å². The minimum Gasteiger partial charge on any atom is -0.432 e. The first-order valence-electron chi connectivity index (χ1n) is 33.0. The third-order valence-corrected chi connectivity index (χ3v) is 24.5. The molecule has 6 heterocycles. The third kappa shape index (κ3) is 12.3. The maximum Gasteiger partial charge on any atom is 0.315 e. The standard InChI is InChI=1S/C63H102O30/c1-24-35(70)39(74)43(78)53(85-24)90-48-45(80)55(86-25(2)46(48)88-51-41(76)36(71)29(67)20-82-51)91-49-47(89-52-42(77)37(72)30(68)21-83-52)31(69)22-84-56(49)93-57(81)63-15-13-58(3,4)17-27(63)26-9-10-34-59(5)18-28(66)50(92-54-44(79)40(75)38(73)32(19-64)87-54)60(6,23-65)33(59)11-12-62(34,8)61(26,7)14-16-63/h9,24-25,27-56,64-80H,10-23H2,1-8H3/t24-,25-,27-,28-,29-,30-,31-,32+,33+,34+,35-,36-,37-,38+,39+,40-,41+,42+,43+,44+,45+,46-,47-,48-,49+,50-,51-,52-,53-,54-,55-,56-,59-,60-,61+,62+,63-/m0/s1. The maximum absolute atomic E-state index is 16.0. The molecule has 0 bridgehead atoms. The van der Waals surface area contributed by atoms with Crippen molar-refractivity contribution in [2.24, 2.45) is 50.2 Å². The number of carbonyl (C=O) groups excluding carboxylic acids is 1. The predicted molar refractivity (Wildman–Crippen MR) is 310 cm³/mol. The molecular weight excluding hydrogens is 1240 g/mol. The molecule has 30 nitrogen and oxygen atoms in total. The van der Waals surface area contributed by atoms with Crippen LogP contribution in [-0.2, 0) is 61.6 Å². The summed E-state index contributed by atoms with van der Waals surface area (Å²) in [6, 6.07) is 0. The van der Waals surface area contributed by atoms with Crippen molar-refractivity contribution in [1.29, 1.82) is 0 Å². The highest BCUT2D eigenvalue weighted by Gasteiger charge is 2.72. The average molecular weight is 1340 g/mol. The molecule has 93 heavy (non-hydrogen) atoms. The molecular formula is C63H102O30. The summed E-state index contributed by atoms with van der Waals surface area (Å²) in [6.45, 7) is 13.0. The van der Waals surface area contributed by atoms with Gasteiger partial charge in [-0.15, -0.1) is 0 Å². The second kappa shape index (κ2) is 26.9. The molecule has 0 aromatic heterocycles. The fraction of sp³-hybridized carbons (Fsp3) is 0.952. The van der Waals surface area contributed by atoms with Gasteiger partial charge in [0.2, 0.25) is 6.29 Å². The zero-order valence-electron chi connectivity index (χ0n) is 53.9. The van der Waals surface area contributed by atoms with E-state index in [9.17, 15) is 86.8 Å². The van der Waals surface area contributed by atoms with Crippen LogP contribution in [-0.4, -0.2) is 304 Å². The number of hydrogen-bond donors (Lipinski definition) is 17. The molecule has 0 radical (unpaired) electrons. The molecule has 0 spiro atoms. The topological polar surface area (TPSA) is 472 Å². The molecule has 6 aliphatic heterocycles. The number of hydrogen-bond acceptors (Lipinski definition) is 30. The number of fused-ring (bicyclic) bond motifs is 7. The summed E-state index contributed by atoms with van der Waals surface area (Å²) in [4.78, 5) is 16.0. The van der Waals surface area contributed by atoms with Gasteiger partial charge in [0.05, 0.1) is 62.9 Å².